The van der Waals surface area contributed by atoms with E-state index in [9.17, 15) is 4.79 Å². The molecule has 1 aliphatic heterocycles. The van der Waals surface area contributed by atoms with Crippen LogP contribution in [0.2, 0.25) is 0 Å². The van der Waals surface area contributed by atoms with Gasteiger partial charge in [-0.2, -0.15) is 4.98 Å². The lowest BCUT2D eigenvalue weighted by Crippen LogP contribution is -2.23. The predicted molar refractivity (Wildman–Crippen MR) is 91.3 cm³/mol. The van der Waals surface area contributed by atoms with Crippen molar-refractivity contribution >= 4 is 11.0 Å². The van der Waals surface area contributed by atoms with E-state index in [1.165, 1.54) is 29.9 Å². The van der Waals surface area contributed by atoms with Crippen molar-refractivity contribution in [2.75, 3.05) is 6.61 Å². The zero-order valence-corrected chi connectivity index (χ0v) is 13.7. The van der Waals surface area contributed by atoms with Crippen molar-refractivity contribution in [2.24, 2.45) is 0 Å². The molecule has 2 aliphatic rings. The van der Waals surface area contributed by atoms with Gasteiger partial charge in [-0.05, 0) is 31.4 Å². The molecular formula is C19H18N2O4. The van der Waals surface area contributed by atoms with E-state index >= 15 is 0 Å². The summed E-state index contributed by atoms with van der Waals surface area (Å²) in [5, 5.41) is 1.20. The van der Waals surface area contributed by atoms with E-state index < -0.39 is 0 Å². The van der Waals surface area contributed by atoms with Gasteiger partial charge in [0.15, 0.2) is 6.10 Å². The summed E-state index contributed by atoms with van der Waals surface area (Å²) in [5.41, 5.74) is 1.96. The summed E-state index contributed by atoms with van der Waals surface area (Å²) < 4.78 is 19.4. The number of hydrogen-bond donors (Lipinski definition) is 0. The Morgan fingerprint density at radius 3 is 3.12 bits per heavy atom. The molecule has 25 heavy (non-hydrogen) atoms. The molecule has 128 valence electrons. The van der Waals surface area contributed by atoms with Gasteiger partial charge >= 0.3 is 0 Å². The number of benzene rings is 1. The number of nitrogens with zero attached hydrogens (tertiary/aromatic N) is 2. The van der Waals surface area contributed by atoms with Crippen molar-refractivity contribution in [3.8, 4) is 11.8 Å². The molecule has 0 bridgehead atoms. The molecule has 0 saturated carbocycles. The van der Waals surface area contributed by atoms with Crippen molar-refractivity contribution in [3.63, 3.8) is 0 Å². The van der Waals surface area contributed by atoms with Crippen molar-refractivity contribution in [1.82, 2.24) is 9.55 Å². The van der Waals surface area contributed by atoms with Crippen LogP contribution in [-0.2, 0) is 19.4 Å². The van der Waals surface area contributed by atoms with Gasteiger partial charge in [-0.3, -0.25) is 9.36 Å². The second-order valence-electron chi connectivity index (χ2n) is 6.62. The van der Waals surface area contributed by atoms with Crippen LogP contribution in [0, 0.1) is 0 Å². The van der Waals surface area contributed by atoms with Crippen molar-refractivity contribution in [2.45, 2.75) is 38.3 Å². The number of ether oxygens (including phenoxy) is 2. The van der Waals surface area contributed by atoms with Gasteiger partial charge in [0.05, 0.1) is 6.54 Å². The number of fused-ring (bicyclic) bond motifs is 4. The maximum atomic E-state index is 11.3. The Kier molecular flexibility index (Phi) is 3.29. The minimum absolute atomic E-state index is 0.158. The van der Waals surface area contributed by atoms with E-state index in [-0.39, 0.29) is 11.7 Å². The van der Waals surface area contributed by atoms with Crippen LogP contribution >= 0.6 is 0 Å². The summed E-state index contributed by atoms with van der Waals surface area (Å²) in [6, 6.07) is 7.81. The van der Waals surface area contributed by atoms with Crippen LogP contribution in [-0.4, -0.2) is 22.3 Å². The van der Waals surface area contributed by atoms with Gasteiger partial charge in [-0.1, -0.05) is 0 Å². The van der Waals surface area contributed by atoms with Crippen LogP contribution < -0.4 is 15.0 Å². The highest BCUT2D eigenvalue weighted by Crippen LogP contribution is 2.33. The zero-order valence-electron chi connectivity index (χ0n) is 13.7. The van der Waals surface area contributed by atoms with Gasteiger partial charge in [0.25, 0.3) is 11.6 Å². The van der Waals surface area contributed by atoms with E-state index in [4.69, 9.17) is 13.9 Å². The smallest absolute Gasteiger partial charge is 0.300 e. The Hall–Kier alpha value is -2.76. The topological polar surface area (TPSA) is 66.5 Å². The third kappa shape index (κ3) is 2.58. The molecule has 6 nitrogen and oxygen atoms in total. The molecule has 2 aromatic heterocycles. The van der Waals surface area contributed by atoms with E-state index in [0.29, 0.717) is 19.2 Å². The minimum atomic E-state index is -0.292. The molecule has 3 aromatic rings. The number of hydrogen-bond acceptors (Lipinski definition) is 5. The molecule has 1 atom stereocenters. The fourth-order valence-corrected chi connectivity index (χ4v) is 3.66. The number of aryl methyl sites for hydroxylation is 2. The van der Waals surface area contributed by atoms with Gasteiger partial charge in [0.1, 0.15) is 23.7 Å². The third-order valence-corrected chi connectivity index (χ3v) is 4.89. The average Bonchev–Trinajstić information content (AvgIpc) is 3.19. The van der Waals surface area contributed by atoms with Gasteiger partial charge in [-0.15, -0.1) is 0 Å². The molecule has 0 unspecified atom stereocenters. The van der Waals surface area contributed by atoms with Crippen LogP contribution in [0.3, 0.4) is 0 Å². The van der Waals surface area contributed by atoms with Gasteiger partial charge in [0.2, 0.25) is 0 Å². The number of rotatable bonds is 3. The highest BCUT2D eigenvalue weighted by atomic mass is 16.6. The summed E-state index contributed by atoms with van der Waals surface area (Å²) in [4.78, 5) is 15.1. The lowest BCUT2D eigenvalue weighted by Gasteiger charge is -2.11. The predicted octanol–water partition coefficient (Wildman–Crippen LogP) is 2.71. The van der Waals surface area contributed by atoms with Crippen LogP contribution in [0.5, 0.6) is 11.8 Å². The molecule has 1 aromatic carbocycles. The fraction of sp³-hybridized carbons (Fsp3) is 0.368. The second-order valence-corrected chi connectivity index (χ2v) is 6.62. The molecular weight excluding hydrogens is 320 g/mol. The SMILES string of the molecule is O=c1ccn2c(n1)O[C@H](COc1ccc3c4c(oc3c1)CCCC4)C2. The maximum absolute atomic E-state index is 11.3. The van der Waals surface area contributed by atoms with Gasteiger partial charge < -0.3 is 13.9 Å². The van der Waals surface area contributed by atoms with Crippen LogP contribution in [0.1, 0.15) is 24.2 Å². The highest BCUT2D eigenvalue weighted by Gasteiger charge is 2.24. The van der Waals surface area contributed by atoms with Crippen molar-refractivity contribution in [1.29, 1.82) is 0 Å². The quantitative estimate of drug-likeness (QED) is 0.734. The molecule has 0 fully saturated rings. The van der Waals surface area contributed by atoms with Crippen LogP contribution in [0.4, 0.5) is 0 Å². The first-order chi connectivity index (χ1) is 12.3. The van der Waals surface area contributed by atoms with E-state index in [2.05, 4.69) is 11.1 Å². The van der Waals surface area contributed by atoms with Crippen LogP contribution in [0.15, 0.2) is 39.7 Å². The molecule has 5 rings (SSSR count). The molecule has 0 amide bonds. The summed E-state index contributed by atoms with van der Waals surface area (Å²) in [7, 11) is 0. The largest absolute Gasteiger partial charge is 0.490 e. The lowest BCUT2D eigenvalue weighted by molar-refractivity contribution is 0.143. The molecule has 0 N–H and O–H groups in total. The van der Waals surface area contributed by atoms with Crippen molar-refractivity contribution in [3.05, 3.63) is 52.1 Å². The Labute approximate surface area is 144 Å². The summed E-state index contributed by atoms with van der Waals surface area (Å²) in [5.74, 6) is 1.89. The molecule has 0 spiro atoms. The van der Waals surface area contributed by atoms with E-state index in [0.717, 1.165) is 29.9 Å². The van der Waals surface area contributed by atoms with Gasteiger partial charge in [-0.25, -0.2) is 0 Å². The molecule has 0 radical (unpaired) electrons. The lowest BCUT2D eigenvalue weighted by atomic mass is 9.96. The summed E-state index contributed by atoms with van der Waals surface area (Å²) in [6.07, 6.45) is 6.10. The van der Waals surface area contributed by atoms with Crippen molar-refractivity contribution < 1.29 is 13.9 Å². The second kappa shape index (κ2) is 5.65. The third-order valence-electron chi connectivity index (χ3n) is 4.89. The molecule has 0 saturated heterocycles. The maximum Gasteiger partial charge on any atom is 0.300 e. The Morgan fingerprint density at radius 1 is 1.24 bits per heavy atom. The Bertz CT molecular complexity index is 1000. The molecule has 1 aliphatic carbocycles. The van der Waals surface area contributed by atoms with E-state index in [1.807, 2.05) is 16.7 Å². The minimum Gasteiger partial charge on any atom is -0.490 e. The Morgan fingerprint density at radius 2 is 2.16 bits per heavy atom. The average molecular weight is 338 g/mol. The summed E-state index contributed by atoms with van der Waals surface area (Å²) >= 11 is 0. The number of aromatic nitrogens is 2. The first kappa shape index (κ1) is 14.6. The highest BCUT2D eigenvalue weighted by molar-refractivity contribution is 5.83. The zero-order chi connectivity index (χ0) is 16.8. The monoisotopic (exact) mass is 338 g/mol. The van der Waals surface area contributed by atoms with Gasteiger partial charge in [0, 0.05) is 35.7 Å². The first-order valence-corrected chi connectivity index (χ1v) is 8.67. The standard InChI is InChI=1S/C19H18N2O4/c22-18-7-8-21-10-13(24-19(21)20-18)11-23-12-5-6-15-14-3-1-2-4-16(14)25-17(15)9-12/h5-9,13H,1-4,10-11H2/t13-/m0/s1. The molecule has 6 heteroatoms. The molecule has 3 heterocycles. The first-order valence-electron chi connectivity index (χ1n) is 8.67. The number of furan rings is 1. The summed E-state index contributed by atoms with van der Waals surface area (Å²) in [6.45, 7) is 1.02. The van der Waals surface area contributed by atoms with Crippen LogP contribution in [0.25, 0.3) is 11.0 Å². The Balaban J connectivity index is 1.31. The normalized spacial score (nSPS) is 18.6. The van der Waals surface area contributed by atoms with E-state index in [1.54, 1.807) is 6.20 Å². The fourth-order valence-electron chi connectivity index (χ4n) is 3.66.